The number of hydrogen-bond acceptors (Lipinski definition) is 4. The summed E-state index contributed by atoms with van der Waals surface area (Å²) in [6, 6.07) is 0.263. The number of likely N-dealkylation sites (tertiary alicyclic amines) is 1. The van der Waals surface area contributed by atoms with Crippen LogP contribution >= 0.6 is 11.3 Å². The molecule has 3 rings (SSSR count). The normalized spacial score (nSPS) is 19.6. The Kier molecular flexibility index (Phi) is 4.95. The molecule has 0 bridgehead atoms. The predicted molar refractivity (Wildman–Crippen MR) is 90.5 cm³/mol. The predicted octanol–water partition coefficient (Wildman–Crippen LogP) is 3.15. The van der Waals surface area contributed by atoms with E-state index in [1.807, 2.05) is 28.1 Å². The number of aromatic nitrogens is 3. The summed E-state index contributed by atoms with van der Waals surface area (Å²) in [4.78, 5) is 18.8. The van der Waals surface area contributed by atoms with E-state index >= 15 is 0 Å². The number of carbonyl (C=O) groups excluding carboxylic acids is 1. The van der Waals surface area contributed by atoms with E-state index in [9.17, 15) is 4.79 Å². The molecule has 1 N–H and O–H groups in total. The van der Waals surface area contributed by atoms with Gasteiger partial charge in [-0.25, -0.2) is 9.78 Å². The van der Waals surface area contributed by atoms with Crippen molar-refractivity contribution in [3.63, 3.8) is 0 Å². The molecule has 6 nitrogen and oxygen atoms in total. The van der Waals surface area contributed by atoms with Crippen LogP contribution in [-0.2, 0) is 0 Å². The summed E-state index contributed by atoms with van der Waals surface area (Å²) in [5.41, 5.74) is 1.15. The zero-order valence-corrected chi connectivity index (χ0v) is 14.4. The molecule has 0 aromatic carbocycles. The zero-order chi connectivity index (χ0) is 16.2. The molecule has 1 saturated heterocycles. The van der Waals surface area contributed by atoms with Gasteiger partial charge >= 0.3 is 6.03 Å². The summed E-state index contributed by atoms with van der Waals surface area (Å²) in [5, 5.41) is 10.4. The van der Waals surface area contributed by atoms with Gasteiger partial charge in [-0.3, -0.25) is 4.68 Å². The third-order valence-electron chi connectivity index (χ3n) is 4.24. The van der Waals surface area contributed by atoms with Gasteiger partial charge in [-0.2, -0.15) is 5.10 Å². The first kappa shape index (κ1) is 16.0. The van der Waals surface area contributed by atoms with Crippen molar-refractivity contribution in [3.05, 3.63) is 34.5 Å². The molecule has 0 unspecified atom stereocenters. The number of nitrogens with one attached hydrogen (secondary N) is 1. The van der Waals surface area contributed by atoms with Crippen LogP contribution in [0.3, 0.4) is 0 Å². The second kappa shape index (κ2) is 7.12. The molecule has 124 valence electrons. The number of nitrogens with zero attached hydrogens (tertiary/aromatic N) is 4. The molecule has 0 saturated carbocycles. The largest absolute Gasteiger partial charge is 0.329 e. The molecular formula is C16H23N5OS. The first-order chi connectivity index (χ1) is 11.2. The summed E-state index contributed by atoms with van der Waals surface area (Å²) in [6.07, 6.45) is 8.62. The van der Waals surface area contributed by atoms with E-state index in [0.29, 0.717) is 6.54 Å². The SMILES string of the molecule is CC[C@@H](NC(=O)N1CCC[C@@H](n2cc(C)cn2)C1)c1nccs1. The Morgan fingerprint density at radius 1 is 1.57 bits per heavy atom. The Morgan fingerprint density at radius 3 is 3.09 bits per heavy atom. The first-order valence-electron chi connectivity index (χ1n) is 8.13. The van der Waals surface area contributed by atoms with E-state index in [2.05, 4.69) is 28.5 Å². The lowest BCUT2D eigenvalue weighted by Gasteiger charge is -2.33. The molecule has 1 fully saturated rings. The van der Waals surface area contributed by atoms with Crippen molar-refractivity contribution >= 4 is 17.4 Å². The van der Waals surface area contributed by atoms with Gasteiger partial charge in [-0.15, -0.1) is 11.3 Å². The van der Waals surface area contributed by atoms with Crippen molar-refractivity contribution in [2.75, 3.05) is 13.1 Å². The van der Waals surface area contributed by atoms with Crippen LogP contribution in [-0.4, -0.2) is 38.8 Å². The van der Waals surface area contributed by atoms with E-state index < -0.39 is 0 Å². The van der Waals surface area contributed by atoms with Gasteiger partial charge in [0.15, 0.2) is 0 Å². The molecule has 0 spiro atoms. The van der Waals surface area contributed by atoms with Gasteiger partial charge in [-0.05, 0) is 31.7 Å². The summed E-state index contributed by atoms with van der Waals surface area (Å²) in [7, 11) is 0. The quantitative estimate of drug-likeness (QED) is 0.935. The van der Waals surface area contributed by atoms with Crippen LogP contribution in [0.2, 0.25) is 0 Å². The molecular weight excluding hydrogens is 310 g/mol. The highest BCUT2D eigenvalue weighted by Crippen LogP contribution is 2.23. The fourth-order valence-electron chi connectivity index (χ4n) is 2.97. The highest BCUT2D eigenvalue weighted by Gasteiger charge is 2.27. The van der Waals surface area contributed by atoms with Crippen molar-refractivity contribution in [2.45, 2.75) is 45.2 Å². The minimum absolute atomic E-state index is 0.000582. The lowest BCUT2D eigenvalue weighted by Crippen LogP contribution is -2.46. The van der Waals surface area contributed by atoms with Crippen LogP contribution in [0.15, 0.2) is 24.0 Å². The van der Waals surface area contributed by atoms with Gasteiger partial charge < -0.3 is 10.2 Å². The highest BCUT2D eigenvalue weighted by molar-refractivity contribution is 7.09. The highest BCUT2D eigenvalue weighted by atomic mass is 32.1. The number of rotatable bonds is 4. The topological polar surface area (TPSA) is 63.1 Å². The molecule has 23 heavy (non-hydrogen) atoms. The summed E-state index contributed by atoms with van der Waals surface area (Å²) < 4.78 is 1.99. The van der Waals surface area contributed by atoms with E-state index in [4.69, 9.17) is 0 Å². The first-order valence-corrected chi connectivity index (χ1v) is 9.01. The minimum atomic E-state index is -0.00479. The minimum Gasteiger partial charge on any atom is -0.329 e. The van der Waals surface area contributed by atoms with E-state index in [1.54, 1.807) is 17.5 Å². The van der Waals surface area contributed by atoms with Gasteiger partial charge in [0.2, 0.25) is 0 Å². The lowest BCUT2D eigenvalue weighted by atomic mass is 10.1. The molecule has 1 aliphatic heterocycles. The maximum absolute atomic E-state index is 12.6. The van der Waals surface area contributed by atoms with Crippen LogP contribution in [0.4, 0.5) is 4.79 Å². The number of urea groups is 1. The third kappa shape index (κ3) is 3.72. The molecule has 0 radical (unpaired) electrons. The number of amides is 2. The smallest absolute Gasteiger partial charge is 0.318 e. The van der Waals surface area contributed by atoms with E-state index in [0.717, 1.165) is 36.4 Å². The van der Waals surface area contributed by atoms with Gasteiger partial charge in [0.1, 0.15) is 5.01 Å². The Labute approximate surface area is 140 Å². The van der Waals surface area contributed by atoms with Crippen molar-refractivity contribution in [1.29, 1.82) is 0 Å². The van der Waals surface area contributed by atoms with Crippen LogP contribution in [0.25, 0.3) is 0 Å². The summed E-state index contributed by atoms with van der Waals surface area (Å²) >= 11 is 1.59. The fourth-order valence-corrected chi connectivity index (χ4v) is 3.75. The van der Waals surface area contributed by atoms with Crippen LogP contribution in [0.1, 0.15) is 48.8 Å². The van der Waals surface area contributed by atoms with Gasteiger partial charge in [0.05, 0.1) is 18.3 Å². The maximum atomic E-state index is 12.6. The average Bonchev–Trinajstić information content (AvgIpc) is 3.24. The molecule has 3 heterocycles. The molecule has 2 aromatic rings. The lowest BCUT2D eigenvalue weighted by molar-refractivity contribution is 0.160. The fraction of sp³-hybridized carbons (Fsp3) is 0.562. The van der Waals surface area contributed by atoms with Crippen LogP contribution < -0.4 is 5.32 Å². The van der Waals surface area contributed by atoms with Gasteiger partial charge in [-0.1, -0.05) is 6.92 Å². The van der Waals surface area contributed by atoms with Gasteiger partial charge in [0.25, 0.3) is 0 Å². The Balaban J connectivity index is 1.62. The standard InChI is InChI=1S/C16H23N5OS/c1-3-14(15-17-6-8-23-15)19-16(22)20-7-4-5-13(11-20)21-10-12(2)9-18-21/h6,8-10,13-14H,3-5,7,11H2,1-2H3,(H,19,22)/t13-,14-/m1/s1. The molecule has 2 atom stereocenters. The Bertz CT molecular complexity index is 639. The van der Waals surface area contributed by atoms with Crippen molar-refractivity contribution in [1.82, 2.24) is 25.0 Å². The van der Waals surface area contributed by atoms with Gasteiger partial charge in [0, 0.05) is 30.9 Å². The van der Waals surface area contributed by atoms with Crippen LogP contribution in [0.5, 0.6) is 0 Å². The van der Waals surface area contributed by atoms with Crippen molar-refractivity contribution in [2.24, 2.45) is 0 Å². The summed E-state index contributed by atoms with van der Waals surface area (Å²) in [5.74, 6) is 0. The van der Waals surface area contributed by atoms with Crippen molar-refractivity contribution in [3.8, 4) is 0 Å². The zero-order valence-electron chi connectivity index (χ0n) is 13.6. The molecule has 1 aliphatic rings. The maximum Gasteiger partial charge on any atom is 0.318 e. The monoisotopic (exact) mass is 333 g/mol. The third-order valence-corrected chi connectivity index (χ3v) is 5.13. The second-order valence-electron chi connectivity index (χ2n) is 6.02. The molecule has 7 heteroatoms. The molecule has 0 aliphatic carbocycles. The molecule has 2 aromatic heterocycles. The second-order valence-corrected chi connectivity index (χ2v) is 6.95. The van der Waals surface area contributed by atoms with Crippen molar-refractivity contribution < 1.29 is 4.79 Å². The Morgan fingerprint density at radius 2 is 2.43 bits per heavy atom. The van der Waals surface area contributed by atoms with Crippen LogP contribution in [0, 0.1) is 6.92 Å². The molecule has 2 amide bonds. The van der Waals surface area contributed by atoms with E-state index in [1.165, 1.54) is 0 Å². The Hall–Kier alpha value is -1.89. The number of carbonyl (C=O) groups is 1. The number of piperidine rings is 1. The van der Waals surface area contributed by atoms with E-state index in [-0.39, 0.29) is 18.1 Å². The summed E-state index contributed by atoms with van der Waals surface area (Å²) in [6.45, 7) is 5.62. The number of aryl methyl sites for hydroxylation is 1. The average molecular weight is 333 g/mol. The number of hydrogen-bond donors (Lipinski definition) is 1. The number of thiazole rings is 1.